The SMILES string of the molecule is COC(=O)CCN1CCCNCC1=O. The van der Waals surface area contributed by atoms with E-state index in [1.165, 1.54) is 7.11 Å². The number of amides is 1. The minimum Gasteiger partial charge on any atom is -0.469 e. The van der Waals surface area contributed by atoms with E-state index in [0.29, 0.717) is 13.1 Å². The molecule has 1 rings (SSSR count). The van der Waals surface area contributed by atoms with Gasteiger partial charge in [0.25, 0.3) is 0 Å². The Morgan fingerprint density at radius 3 is 3.14 bits per heavy atom. The van der Waals surface area contributed by atoms with Crippen LogP contribution in [0.3, 0.4) is 0 Å². The van der Waals surface area contributed by atoms with Crippen molar-refractivity contribution in [2.45, 2.75) is 12.8 Å². The third kappa shape index (κ3) is 3.33. The van der Waals surface area contributed by atoms with Gasteiger partial charge in [0.05, 0.1) is 20.1 Å². The molecular weight excluding hydrogens is 184 g/mol. The molecule has 0 atom stereocenters. The van der Waals surface area contributed by atoms with Gasteiger partial charge in [0.2, 0.25) is 5.91 Å². The van der Waals surface area contributed by atoms with Crippen LogP contribution in [0.5, 0.6) is 0 Å². The number of carbonyl (C=O) groups excluding carboxylic acids is 2. The van der Waals surface area contributed by atoms with Crippen LogP contribution in [-0.2, 0) is 14.3 Å². The van der Waals surface area contributed by atoms with Crippen molar-refractivity contribution in [3.63, 3.8) is 0 Å². The molecule has 0 saturated carbocycles. The standard InChI is InChI=1S/C9H16N2O3/c1-14-9(13)3-6-11-5-2-4-10-7-8(11)12/h10H,2-7H2,1H3. The third-order valence-electron chi connectivity index (χ3n) is 2.22. The van der Waals surface area contributed by atoms with Gasteiger partial charge in [-0.15, -0.1) is 0 Å². The third-order valence-corrected chi connectivity index (χ3v) is 2.22. The summed E-state index contributed by atoms with van der Waals surface area (Å²) < 4.78 is 4.52. The molecule has 0 radical (unpaired) electrons. The zero-order valence-electron chi connectivity index (χ0n) is 8.41. The molecule has 0 spiro atoms. The Hall–Kier alpha value is -1.10. The van der Waals surface area contributed by atoms with Crippen LogP contribution in [0.15, 0.2) is 0 Å². The second-order valence-electron chi connectivity index (χ2n) is 3.24. The molecule has 5 nitrogen and oxygen atoms in total. The average Bonchev–Trinajstić information content (AvgIpc) is 2.39. The number of ether oxygens (including phenoxy) is 1. The number of nitrogens with zero attached hydrogens (tertiary/aromatic N) is 1. The van der Waals surface area contributed by atoms with E-state index in [4.69, 9.17) is 0 Å². The maximum atomic E-state index is 11.4. The van der Waals surface area contributed by atoms with E-state index in [9.17, 15) is 9.59 Å². The van der Waals surface area contributed by atoms with Crippen molar-refractivity contribution in [2.24, 2.45) is 0 Å². The number of esters is 1. The van der Waals surface area contributed by atoms with Crippen molar-refractivity contribution in [2.75, 3.05) is 33.3 Å². The summed E-state index contributed by atoms with van der Waals surface area (Å²) in [7, 11) is 1.36. The highest BCUT2D eigenvalue weighted by Crippen LogP contribution is 1.99. The summed E-state index contributed by atoms with van der Waals surface area (Å²) in [6.07, 6.45) is 1.22. The van der Waals surface area contributed by atoms with Crippen LogP contribution in [0.1, 0.15) is 12.8 Å². The molecule has 0 aromatic rings. The van der Waals surface area contributed by atoms with Crippen molar-refractivity contribution in [3.05, 3.63) is 0 Å². The fourth-order valence-electron chi connectivity index (χ4n) is 1.39. The number of hydrogen-bond acceptors (Lipinski definition) is 4. The van der Waals surface area contributed by atoms with Crippen molar-refractivity contribution < 1.29 is 14.3 Å². The summed E-state index contributed by atoms with van der Waals surface area (Å²) in [5.74, 6) is -0.207. The molecule has 0 bridgehead atoms. The Balaban J connectivity index is 2.33. The predicted molar refractivity (Wildman–Crippen MR) is 50.7 cm³/mol. The first-order valence-corrected chi connectivity index (χ1v) is 4.79. The minimum atomic E-state index is -0.269. The molecule has 0 unspecified atom stereocenters. The number of hydrogen-bond donors (Lipinski definition) is 1. The minimum absolute atomic E-state index is 0.0615. The molecule has 1 aliphatic heterocycles. The van der Waals surface area contributed by atoms with E-state index in [2.05, 4.69) is 10.1 Å². The lowest BCUT2D eigenvalue weighted by Gasteiger charge is -2.18. The Kier molecular flexibility index (Phi) is 4.39. The zero-order valence-corrected chi connectivity index (χ0v) is 8.41. The first-order chi connectivity index (χ1) is 6.74. The van der Waals surface area contributed by atoms with E-state index in [0.717, 1.165) is 19.5 Å². The molecule has 1 saturated heterocycles. The lowest BCUT2D eigenvalue weighted by atomic mass is 10.3. The molecular formula is C9H16N2O3. The van der Waals surface area contributed by atoms with Crippen LogP contribution in [0.25, 0.3) is 0 Å². The molecule has 5 heteroatoms. The van der Waals surface area contributed by atoms with Crippen LogP contribution in [0.4, 0.5) is 0 Å². The summed E-state index contributed by atoms with van der Waals surface area (Å²) in [5.41, 5.74) is 0. The summed E-state index contributed by atoms with van der Waals surface area (Å²) in [4.78, 5) is 24.0. The lowest BCUT2D eigenvalue weighted by molar-refractivity contribution is -0.141. The molecule has 1 aliphatic rings. The maximum absolute atomic E-state index is 11.4. The quantitative estimate of drug-likeness (QED) is 0.616. The Morgan fingerprint density at radius 2 is 2.43 bits per heavy atom. The van der Waals surface area contributed by atoms with Crippen LogP contribution in [0, 0.1) is 0 Å². The van der Waals surface area contributed by atoms with Gasteiger partial charge >= 0.3 is 5.97 Å². The van der Waals surface area contributed by atoms with Crippen LogP contribution in [0.2, 0.25) is 0 Å². The van der Waals surface area contributed by atoms with Gasteiger partial charge in [-0.05, 0) is 13.0 Å². The normalized spacial score (nSPS) is 17.8. The van der Waals surface area contributed by atoms with Crippen molar-refractivity contribution in [1.82, 2.24) is 10.2 Å². The molecule has 1 fully saturated rings. The molecule has 80 valence electrons. The predicted octanol–water partition coefficient (Wildman–Crippen LogP) is -0.629. The van der Waals surface area contributed by atoms with Gasteiger partial charge in [-0.2, -0.15) is 0 Å². The number of methoxy groups -OCH3 is 1. The first kappa shape index (κ1) is 11.0. The molecule has 1 amide bonds. The largest absolute Gasteiger partial charge is 0.469 e. The Labute approximate surface area is 83.4 Å². The monoisotopic (exact) mass is 200 g/mol. The van der Waals surface area contributed by atoms with Gasteiger partial charge in [0.1, 0.15) is 0 Å². The van der Waals surface area contributed by atoms with Crippen LogP contribution < -0.4 is 5.32 Å². The Morgan fingerprint density at radius 1 is 1.64 bits per heavy atom. The zero-order chi connectivity index (χ0) is 10.4. The number of carbonyl (C=O) groups is 2. The van der Waals surface area contributed by atoms with Gasteiger partial charge in [-0.1, -0.05) is 0 Å². The van der Waals surface area contributed by atoms with E-state index in [1.54, 1.807) is 4.90 Å². The number of rotatable bonds is 3. The van der Waals surface area contributed by atoms with E-state index >= 15 is 0 Å². The molecule has 1 heterocycles. The summed E-state index contributed by atoms with van der Waals surface area (Å²) in [6.45, 7) is 2.43. The van der Waals surface area contributed by atoms with E-state index in [-0.39, 0.29) is 18.3 Å². The summed E-state index contributed by atoms with van der Waals surface area (Å²) >= 11 is 0. The molecule has 0 aliphatic carbocycles. The Bertz CT molecular complexity index is 218. The molecule has 0 aromatic heterocycles. The van der Waals surface area contributed by atoms with E-state index in [1.807, 2.05) is 0 Å². The van der Waals surface area contributed by atoms with Crippen LogP contribution >= 0.6 is 0 Å². The van der Waals surface area contributed by atoms with E-state index < -0.39 is 0 Å². The van der Waals surface area contributed by atoms with Crippen molar-refractivity contribution in [3.8, 4) is 0 Å². The second kappa shape index (κ2) is 5.59. The maximum Gasteiger partial charge on any atom is 0.307 e. The van der Waals surface area contributed by atoms with Crippen molar-refractivity contribution >= 4 is 11.9 Å². The van der Waals surface area contributed by atoms with Gasteiger partial charge in [0.15, 0.2) is 0 Å². The lowest BCUT2D eigenvalue weighted by Crippen LogP contribution is -2.36. The summed E-state index contributed by atoms with van der Waals surface area (Å²) in [6, 6.07) is 0. The second-order valence-corrected chi connectivity index (χ2v) is 3.24. The highest BCUT2D eigenvalue weighted by Gasteiger charge is 2.16. The highest BCUT2D eigenvalue weighted by molar-refractivity contribution is 5.79. The molecule has 0 aromatic carbocycles. The van der Waals surface area contributed by atoms with Gasteiger partial charge < -0.3 is 15.0 Å². The number of nitrogens with one attached hydrogen (secondary N) is 1. The van der Waals surface area contributed by atoms with Gasteiger partial charge in [-0.3, -0.25) is 9.59 Å². The summed E-state index contributed by atoms with van der Waals surface area (Å²) in [5, 5.41) is 3.02. The fraction of sp³-hybridized carbons (Fsp3) is 0.778. The topological polar surface area (TPSA) is 58.6 Å². The highest BCUT2D eigenvalue weighted by atomic mass is 16.5. The van der Waals surface area contributed by atoms with Gasteiger partial charge in [-0.25, -0.2) is 0 Å². The average molecular weight is 200 g/mol. The van der Waals surface area contributed by atoms with Gasteiger partial charge in [0, 0.05) is 13.1 Å². The fourth-order valence-corrected chi connectivity index (χ4v) is 1.39. The molecule has 1 N–H and O–H groups in total. The van der Waals surface area contributed by atoms with Crippen molar-refractivity contribution in [1.29, 1.82) is 0 Å². The first-order valence-electron chi connectivity index (χ1n) is 4.79. The van der Waals surface area contributed by atoms with Crippen LogP contribution in [-0.4, -0.2) is 50.1 Å². The smallest absolute Gasteiger partial charge is 0.307 e. The molecule has 14 heavy (non-hydrogen) atoms.